The van der Waals surface area contributed by atoms with E-state index >= 15 is 0 Å². The van der Waals surface area contributed by atoms with Gasteiger partial charge >= 0.3 is 0 Å². The van der Waals surface area contributed by atoms with Crippen LogP contribution in [-0.4, -0.2) is 74.3 Å². The summed E-state index contributed by atoms with van der Waals surface area (Å²) in [6.07, 6.45) is 4.46. The summed E-state index contributed by atoms with van der Waals surface area (Å²) in [4.78, 5) is 20.0. The Hall–Kier alpha value is -3.54. The quantitative estimate of drug-likeness (QED) is 0.376. The topological polar surface area (TPSA) is 122 Å². The molecule has 178 valence electrons. The number of imidazole rings is 1. The first kappa shape index (κ1) is 22.3. The molecular weight excluding hydrogens is 436 g/mol. The molecule has 5 rings (SSSR count). The molecule has 2 unspecified atom stereocenters. The van der Waals surface area contributed by atoms with Crippen LogP contribution in [0.3, 0.4) is 0 Å². The van der Waals surface area contributed by atoms with Crippen molar-refractivity contribution in [1.29, 1.82) is 0 Å². The van der Waals surface area contributed by atoms with Crippen LogP contribution in [0.15, 0.2) is 36.9 Å². The first-order chi connectivity index (χ1) is 16.4. The fourth-order valence-electron chi connectivity index (χ4n) is 4.03. The third kappa shape index (κ3) is 4.09. The lowest BCUT2D eigenvalue weighted by Gasteiger charge is -2.21. The summed E-state index contributed by atoms with van der Waals surface area (Å²) in [5.41, 5.74) is 3.45. The Morgan fingerprint density at radius 2 is 2.09 bits per heavy atom. The maximum Gasteiger partial charge on any atom is 0.228 e. The molecule has 0 radical (unpaired) electrons. The van der Waals surface area contributed by atoms with Crippen molar-refractivity contribution in [1.82, 2.24) is 29.4 Å². The number of rotatable bonds is 7. The van der Waals surface area contributed by atoms with E-state index in [-0.39, 0.29) is 12.1 Å². The lowest BCUT2D eigenvalue weighted by molar-refractivity contribution is -0.126. The van der Waals surface area contributed by atoms with Gasteiger partial charge in [0.05, 0.1) is 49.0 Å². The predicted molar refractivity (Wildman–Crippen MR) is 129 cm³/mol. The van der Waals surface area contributed by atoms with Crippen LogP contribution in [0.25, 0.3) is 21.9 Å². The molecule has 1 fully saturated rings. The molecule has 3 N–H and O–H groups in total. The van der Waals surface area contributed by atoms with Gasteiger partial charge in [0.25, 0.3) is 0 Å². The van der Waals surface area contributed by atoms with Crippen molar-refractivity contribution in [2.24, 2.45) is 0 Å². The van der Waals surface area contributed by atoms with Crippen LogP contribution in [0, 0.1) is 0 Å². The molecule has 3 aromatic heterocycles. The average molecular weight is 465 g/mol. The summed E-state index contributed by atoms with van der Waals surface area (Å²) >= 11 is 0. The minimum Gasteiger partial charge on any atom is -0.494 e. The number of ether oxygens (including phenoxy) is 2. The molecule has 0 spiro atoms. The van der Waals surface area contributed by atoms with E-state index in [0.717, 1.165) is 27.6 Å². The molecule has 4 heterocycles. The van der Waals surface area contributed by atoms with Crippen molar-refractivity contribution in [3.05, 3.63) is 36.9 Å². The molecule has 2 atom stereocenters. The van der Waals surface area contributed by atoms with Crippen molar-refractivity contribution < 1.29 is 14.6 Å². The number of nitrogens with zero attached hydrogens (tertiary/aromatic N) is 6. The molecule has 1 aromatic carbocycles. The Bertz CT molecular complexity index is 1320. The molecule has 0 saturated carbocycles. The van der Waals surface area contributed by atoms with Gasteiger partial charge in [0.15, 0.2) is 0 Å². The number of methoxy groups -OCH3 is 1. The number of aliphatic hydroxyl groups excluding tert-OH is 1. The minimum atomic E-state index is -0.874. The summed E-state index contributed by atoms with van der Waals surface area (Å²) < 4.78 is 12.9. The van der Waals surface area contributed by atoms with Crippen LogP contribution in [0.4, 0.5) is 17.5 Å². The van der Waals surface area contributed by atoms with Gasteiger partial charge < -0.3 is 29.8 Å². The summed E-state index contributed by atoms with van der Waals surface area (Å²) in [5.74, 6) is 1.62. The molecule has 0 aliphatic carbocycles. The molecular formula is C23H28N8O3. The van der Waals surface area contributed by atoms with Crippen molar-refractivity contribution in [2.75, 3.05) is 37.9 Å². The summed E-state index contributed by atoms with van der Waals surface area (Å²) in [7, 11) is 3.42. The van der Waals surface area contributed by atoms with E-state index in [2.05, 4.69) is 44.0 Å². The van der Waals surface area contributed by atoms with E-state index in [1.165, 1.54) is 0 Å². The molecule has 11 nitrogen and oxygen atoms in total. The van der Waals surface area contributed by atoms with Gasteiger partial charge in [0, 0.05) is 30.2 Å². The number of pyridine rings is 1. The van der Waals surface area contributed by atoms with Gasteiger partial charge in [-0.15, -0.1) is 0 Å². The van der Waals surface area contributed by atoms with Crippen LogP contribution >= 0.6 is 0 Å². The summed E-state index contributed by atoms with van der Waals surface area (Å²) in [5, 5.41) is 17.2. The van der Waals surface area contributed by atoms with Gasteiger partial charge in [-0.25, -0.2) is 19.9 Å². The maximum atomic E-state index is 9.71. The van der Waals surface area contributed by atoms with E-state index in [4.69, 9.17) is 14.5 Å². The second kappa shape index (κ2) is 9.01. The third-order valence-corrected chi connectivity index (χ3v) is 6.06. The zero-order valence-electron chi connectivity index (χ0n) is 19.6. The number of fused-ring (bicyclic) bond motifs is 3. The van der Waals surface area contributed by atoms with Crippen LogP contribution in [0.5, 0.6) is 5.75 Å². The number of nitrogens with one attached hydrogen (secondary N) is 2. The minimum absolute atomic E-state index is 0.0413. The summed E-state index contributed by atoms with van der Waals surface area (Å²) in [6, 6.07) is 6.05. The molecule has 0 amide bonds. The highest BCUT2D eigenvalue weighted by Gasteiger charge is 2.29. The number of anilines is 3. The highest BCUT2D eigenvalue weighted by molar-refractivity contribution is 6.02. The molecule has 1 saturated heterocycles. The van der Waals surface area contributed by atoms with Crippen LogP contribution in [0.1, 0.15) is 19.9 Å². The van der Waals surface area contributed by atoms with E-state index in [1.54, 1.807) is 30.5 Å². The standard InChI is InChI=1S/C23H28N8O3/c1-13(2)31-12-27-16-6-5-14-8-26-22(29-20(14)21(16)31)28-19-7-18(33-4)17(10-25-19)24-9-15-11-34-23(32)30(15)3/h5-8,10,12-13,15,23-24,32H,9,11H2,1-4H3,(H,25,26,28,29). The zero-order valence-corrected chi connectivity index (χ0v) is 19.6. The van der Waals surface area contributed by atoms with Crippen molar-refractivity contribution in [2.45, 2.75) is 32.3 Å². The molecule has 1 aliphatic heterocycles. The number of likely N-dealkylation sites (N-methyl/N-ethyl adjacent to an activating group) is 1. The summed E-state index contributed by atoms with van der Waals surface area (Å²) in [6.45, 7) is 5.26. The van der Waals surface area contributed by atoms with Crippen molar-refractivity contribution in [3.8, 4) is 5.75 Å². The lowest BCUT2D eigenvalue weighted by Crippen LogP contribution is -2.37. The van der Waals surface area contributed by atoms with E-state index in [1.807, 2.05) is 25.5 Å². The van der Waals surface area contributed by atoms with Crippen LogP contribution in [-0.2, 0) is 4.74 Å². The SMILES string of the molecule is COc1cc(Nc2ncc3ccc4ncn(C(C)C)c4c3n2)ncc1NCC1COC(O)N1C. The Balaban J connectivity index is 1.39. The van der Waals surface area contributed by atoms with Crippen LogP contribution < -0.4 is 15.4 Å². The Morgan fingerprint density at radius 3 is 2.82 bits per heavy atom. The van der Waals surface area contributed by atoms with E-state index in [0.29, 0.717) is 30.7 Å². The molecule has 34 heavy (non-hydrogen) atoms. The molecule has 0 bridgehead atoms. The van der Waals surface area contributed by atoms with Gasteiger partial charge in [0.1, 0.15) is 17.1 Å². The molecule has 1 aliphatic rings. The zero-order chi connectivity index (χ0) is 23.8. The first-order valence-electron chi connectivity index (χ1n) is 11.1. The second-order valence-corrected chi connectivity index (χ2v) is 8.56. The normalized spacial score (nSPS) is 18.8. The van der Waals surface area contributed by atoms with Gasteiger partial charge in [-0.2, -0.15) is 0 Å². The smallest absolute Gasteiger partial charge is 0.228 e. The predicted octanol–water partition coefficient (Wildman–Crippen LogP) is 2.73. The highest BCUT2D eigenvalue weighted by Crippen LogP contribution is 2.29. The highest BCUT2D eigenvalue weighted by atomic mass is 16.6. The van der Waals surface area contributed by atoms with Crippen molar-refractivity contribution in [3.63, 3.8) is 0 Å². The number of aromatic nitrogens is 5. The Morgan fingerprint density at radius 1 is 1.24 bits per heavy atom. The number of hydrogen-bond acceptors (Lipinski definition) is 10. The van der Waals surface area contributed by atoms with Gasteiger partial charge in [-0.1, -0.05) is 0 Å². The average Bonchev–Trinajstić information content (AvgIpc) is 3.42. The van der Waals surface area contributed by atoms with Gasteiger partial charge in [-0.05, 0) is 33.0 Å². The number of hydrogen-bond donors (Lipinski definition) is 3. The monoisotopic (exact) mass is 464 g/mol. The molecule has 4 aromatic rings. The van der Waals surface area contributed by atoms with E-state index < -0.39 is 6.41 Å². The second-order valence-electron chi connectivity index (χ2n) is 8.56. The van der Waals surface area contributed by atoms with Crippen molar-refractivity contribution >= 4 is 39.4 Å². The lowest BCUT2D eigenvalue weighted by atomic mass is 10.2. The van der Waals surface area contributed by atoms with Gasteiger partial charge in [-0.3, -0.25) is 4.90 Å². The van der Waals surface area contributed by atoms with Gasteiger partial charge in [0.2, 0.25) is 12.4 Å². The van der Waals surface area contributed by atoms with E-state index in [9.17, 15) is 5.11 Å². The number of benzene rings is 1. The first-order valence-corrected chi connectivity index (χ1v) is 11.1. The Kier molecular flexibility index (Phi) is 5.90. The van der Waals surface area contributed by atoms with Crippen LogP contribution in [0.2, 0.25) is 0 Å². The maximum absolute atomic E-state index is 9.71. The largest absolute Gasteiger partial charge is 0.494 e. The molecule has 11 heteroatoms. The Labute approximate surface area is 196 Å². The third-order valence-electron chi connectivity index (χ3n) is 6.06. The fourth-order valence-corrected chi connectivity index (χ4v) is 4.03. The number of aliphatic hydroxyl groups is 1. The fraction of sp³-hybridized carbons (Fsp3) is 0.391.